The lowest BCUT2D eigenvalue weighted by Crippen LogP contribution is -2.33. The summed E-state index contributed by atoms with van der Waals surface area (Å²) in [6.45, 7) is 1.37. The van der Waals surface area contributed by atoms with E-state index in [-0.39, 0.29) is 16.3 Å². The minimum Gasteiger partial charge on any atom is -0.478 e. The number of carbonyl (C=O) groups is 1. The highest BCUT2D eigenvalue weighted by Gasteiger charge is 2.25. The number of hydrogen-bond acceptors (Lipinski definition) is 5. The Balaban J connectivity index is 2.51. The number of non-ortho nitro benzene ring substituents is 1. The Morgan fingerprint density at radius 3 is 2.58 bits per heavy atom. The molecule has 2 rings (SSSR count). The van der Waals surface area contributed by atoms with Gasteiger partial charge in [-0.2, -0.15) is 11.8 Å². The van der Waals surface area contributed by atoms with Gasteiger partial charge in [-0.05, 0) is 0 Å². The van der Waals surface area contributed by atoms with Crippen molar-refractivity contribution in [2.75, 3.05) is 29.5 Å². The van der Waals surface area contributed by atoms with E-state index in [1.807, 2.05) is 4.90 Å². The molecule has 0 spiro atoms. The largest absolute Gasteiger partial charge is 0.478 e. The van der Waals surface area contributed by atoms with Gasteiger partial charge in [0.15, 0.2) is 0 Å². The second-order valence-corrected chi connectivity index (χ2v) is 5.62. The third kappa shape index (κ3) is 2.93. The Hall–Kier alpha value is -1.47. The molecule has 1 aliphatic heterocycles. The zero-order valence-corrected chi connectivity index (χ0v) is 11.4. The number of carboxylic acid groups (broad SMARTS) is 1. The fraction of sp³-hybridized carbons (Fsp3) is 0.364. The van der Waals surface area contributed by atoms with E-state index >= 15 is 0 Å². The highest BCUT2D eigenvalue weighted by Crippen LogP contribution is 2.35. The molecule has 1 fully saturated rings. The number of anilines is 1. The fourth-order valence-electron chi connectivity index (χ4n) is 1.96. The average molecular weight is 303 g/mol. The van der Waals surface area contributed by atoms with Gasteiger partial charge in [-0.15, -0.1) is 0 Å². The van der Waals surface area contributed by atoms with Crippen LogP contribution in [0.2, 0.25) is 5.02 Å². The van der Waals surface area contributed by atoms with Crippen LogP contribution in [0.25, 0.3) is 0 Å². The Kier molecular flexibility index (Phi) is 4.16. The van der Waals surface area contributed by atoms with Gasteiger partial charge in [0, 0.05) is 36.7 Å². The summed E-state index contributed by atoms with van der Waals surface area (Å²) in [5, 5.41) is 20.1. The molecular formula is C11H11ClN2O4S. The van der Waals surface area contributed by atoms with Crippen molar-refractivity contribution in [2.45, 2.75) is 0 Å². The SMILES string of the molecule is O=C(O)c1cc([N+](=O)[O-])cc(Cl)c1N1CCSCC1. The van der Waals surface area contributed by atoms with Gasteiger partial charge in [-0.25, -0.2) is 4.79 Å². The van der Waals surface area contributed by atoms with Crippen molar-refractivity contribution in [2.24, 2.45) is 0 Å². The summed E-state index contributed by atoms with van der Waals surface area (Å²) in [5.41, 5.74) is -0.0521. The van der Waals surface area contributed by atoms with E-state index in [2.05, 4.69) is 0 Å². The molecule has 0 bridgehead atoms. The first-order chi connectivity index (χ1) is 9.00. The van der Waals surface area contributed by atoms with Crippen LogP contribution in [0, 0.1) is 10.1 Å². The maximum absolute atomic E-state index is 11.3. The summed E-state index contributed by atoms with van der Waals surface area (Å²) in [7, 11) is 0. The number of carboxylic acids is 1. The number of halogens is 1. The predicted octanol–water partition coefficient (Wildman–Crippen LogP) is 2.50. The van der Waals surface area contributed by atoms with Crippen LogP contribution < -0.4 is 4.90 Å². The lowest BCUT2D eigenvalue weighted by Gasteiger charge is -2.30. The van der Waals surface area contributed by atoms with Crippen LogP contribution in [0.4, 0.5) is 11.4 Å². The van der Waals surface area contributed by atoms with Crippen LogP contribution in [0.1, 0.15) is 10.4 Å². The third-order valence-corrected chi connectivity index (χ3v) is 4.05. The van der Waals surface area contributed by atoms with Gasteiger partial charge >= 0.3 is 5.97 Å². The second kappa shape index (κ2) is 5.66. The molecule has 1 saturated heterocycles. The standard InChI is InChI=1S/C11H11ClN2O4S/c12-9-6-7(14(17)18)5-8(11(15)16)10(9)13-1-3-19-4-2-13/h5-6H,1-4H2,(H,15,16). The lowest BCUT2D eigenvalue weighted by atomic mass is 10.1. The Labute approximate surface area is 118 Å². The van der Waals surface area contributed by atoms with Crippen molar-refractivity contribution < 1.29 is 14.8 Å². The molecule has 1 N–H and O–H groups in total. The smallest absolute Gasteiger partial charge is 0.338 e. The topological polar surface area (TPSA) is 83.7 Å². The number of thioether (sulfide) groups is 1. The molecule has 1 aliphatic rings. The van der Waals surface area contributed by atoms with Crippen LogP contribution in [-0.2, 0) is 0 Å². The molecule has 0 amide bonds. The first-order valence-electron chi connectivity index (χ1n) is 5.54. The van der Waals surface area contributed by atoms with Gasteiger partial charge in [0.2, 0.25) is 0 Å². The summed E-state index contributed by atoms with van der Waals surface area (Å²) in [6, 6.07) is 2.26. The summed E-state index contributed by atoms with van der Waals surface area (Å²) < 4.78 is 0. The molecule has 6 nitrogen and oxygen atoms in total. The first-order valence-corrected chi connectivity index (χ1v) is 7.08. The number of aromatic carboxylic acids is 1. The highest BCUT2D eigenvalue weighted by molar-refractivity contribution is 7.99. The molecule has 0 saturated carbocycles. The quantitative estimate of drug-likeness (QED) is 0.682. The minimum absolute atomic E-state index is 0.110. The Morgan fingerprint density at radius 1 is 1.42 bits per heavy atom. The van der Waals surface area contributed by atoms with Gasteiger partial charge in [-0.1, -0.05) is 11.6 Å². The molecular weight excluding hydrogens is 292 g/mol. The predicted molar refractivity (Wildman–Crippen MR) is 74.6 cm³/mol. The molecule has 0 aromatic heterocycles. The van der Waals surface area contributed by atoms with Crippen LogP contribution in [0.15, 0.2) is 12.1 Å². The van der Waals surface area contributed by atoms with Crippen molar-refractivity contribution in [1.29, 1.82) is 0 Å². The van der Waals surface area contributed by atoms with E-state index in [9.17, 15) is 20.0 Å². The molecule has 0 unspecified atom stereocenters. The van der Waals surface area contributed by atoms with Gasteiger partial charge in [0.05, 0.1) is 21.2 Å². The molecule has 19 heavy (non-hydrogen) atoms. The molecule has 1 heterocycles. The first kappa shape index (κ1) is 14.0. The van der Waals surface area contributed by atoms with Crippen molar-refractivity contribution in [3.05, 3.63) is 32.8 Å². The Morgan fingerprint density at radius 2 is 2.05 bits per heavy atom. The van der Waals surface area contributed by atoms with Crippen molar-refractivity contribution in [3.8, 4) is 0 Å². The van der Waals surface area contributed by atoms with Crippen LogP contribution in [0.5, 0.6) is 0 Å². The number of nitro benzene ring substituents is 1. The van der Waals surface area contributed by atoms with Crippen LogP contribution in [0.3, 0.4) is 0 Å². The van der Waals surface area contributed by atoms with E-state index in [0.717, 1.165) is 17.6 Å². The van der Waals surface area contributed by atoms with Gasteiger partial charge in [0.25, 0.3) is 5.69 Å². The Bertz CT molecular complexity index is 532. The molecule has 0 aliphatic carbocycles. The van der Waals surface area contributed by atoms with E-state index in [1.54, 1.807) is 11.8 Å². The summed E-state index contributed by atoms with van der Waals surface area (Å²) >= 11 is 7.82. The van der Waals surface area contributed by atoms with E-state index in [0.29, 0.717) is 18.8 Å². The summed E-state index contributed by atoms with van der Waals surface area (Å²) in [5.74, 6) is 0.553. The number of nitro groups is 1. The molecule has 0 atom stereocenters. The van der Waals surface area contributed by atoms with E-state index in [4.69, 9.17) is 11.6 Å². The minimum atomic E-state index is -1.21. The molecule has 8 heteroatoms. The third-order valence-electron chi connectivity index (χ3n) is 2.82. The number of benzene rings is 1. The van der Waals surface area contributed by atoms with Crippen molar-refractivity contribution in [3.63, 3.8) is 0 Å². The van der Waals surface area contributed by atoms with Crippen LogP contribution >= 0.6 is 23.4 Å². The summed E-state index contributed by atoms with van der Waals surface area (Å²) in [6.07, 6.45) is 0. The van der Waals surface area contributed by atoms with Gasteiger partial charge < -0.3 is 10.0 Å². The van der Waals surface area contributed by atoms with Crippen molar-refractivity contribution in [1.82, 2.24) is 0 Å². The van der Waals surface area contributed by atoms with Crippen LogP contribution in [-0.4, -0.2) is 40.6 Å². The normalized spacial score (nSPS) is 15.3. The maximum atomic E-state index is 11.3. The zero-order valence-electron chi connectivity index (χ0n) is 9.84. The van der Waals surface area contributed by atoms with Crippen molar-refractivity contribution >= 4 is 40.7 Å². The second-order valence-electron chi connectivity index (χ2n) is 3.99. The molecule has 0 radical (unpaired) electrons. The van der Waals surface area contributed by atoms with E-state index in [1.165, 1.54) is 6.07 Å². The molecule has 1 aromatic carbocycles. The highest BCUT2D eigenvalue weighted by atomic mass is 35.5. The fourth-order valence-corrected chi connectivity index (χ4v) is 3.20. The zero-order chi connectivity index (χ0) is 14.0. The average Bonchev–Trinajstić information content (AvgIpc) is 2.38. The number of hydrogen-bond donors (Lipinski definition) is 1. The maximum Gasteiger partial charge on any atom is 0.338 e. The molecule has 1 aromatic rings. The monoisotopic (exact) mass is 302 g/mol. The van der Waals surface area contributed by atoms with E-state index < -0.39 is 10.9 Å². The number of rotatable bonds is 3. The lowest BCUT2D eigenvalue weighted by molar-refractivity contribution is -0.384. The summed E-state index contributed by atoms with van der Waals surface area (Å²) in [4.78, 5) is 23.3. The number of nitrogens with zero attached hydrogens (tertiary/aromatic N) is 2. The van der Waals surface area contributed by atoms with Gasteiger partial charge in [0.1, 0.15) is 0 Å². The molecule has 102 valence electrons. The van der Waals surface area contributed by atoms with Gasteiger partial charge in [-0.3, -0.25) is 10.1 Å².